The molecule has 0 saturated heterocycles. The Morgan fingerprint density at radius 3 is 2.82 bits per heavy atom. The normalized spacial score (nSPS) is 12.2. The molecule has 3 heterocycles. The smallest absolute Gasteiger partial charge is 0.240 e. The standard InChI is InChI=1S/C20H17N5O2S/c1-11-12(2)27-19(15(11)10-21)22-18(26)13(3)28-20-24-23-17-9-8-14-6-4-5-7-16(14)25(17)20/h4-9,13H,1-3H3,(H,22,26). The first-order valence-corrected chi connectivity index (χ1v) is 9.58. The molecular formula is C20H17N5O2S. The number of hydrogen-bond acceptors (Lipinski definition) is 6. The molecule has 28 heavy (non-hydrogen) atoms. The molecule has 4 aromatic rings. The minimum Gasteiger partial charge on any atom is -0.444 e. The van der Waals surface area contributed by atoms with Crippen molar-refractivity contribution in [1.29, 1.82) is 5.26 Å². The number of carbonyl (C=O) groups is 1. The van der Waals surface area contributed by atoms with Crippen LogP contribution in [0.5, 0.6) is 0 Å². The molecule has 0 radical (unpaired) electrons. The van der Waals surface area contributed by atoms with E-state index in [2.05, 4.69) is 21.6 Å². The van der Waals surface area contributed by atoms with Crippen molar-refractivity contribution in [3.8, 4) is 6.07 Å². The van der Waals surface area contributed by atoms with Crippen LogP contribution in [0.3, 0.4) is 0 Å². The number of aromatic nitrogens is 3. The number of para-hydroxylation sites is 1. The molecule has 0 bridgehead atoms. The first-order chi connectivity index (χ1) is 13.5. The van der Waals surface area contributed by atoms with Gasteiger partial charge in [0, 0.05) is 5.56 Å². The summed E-state index contributed by atoms with van der Waals surface area (Å²) in [6, 6.07) is 13.9. The fourth-order valence-electron chi connectivity index (χ4n) is 2.96. The van der Waals surface area contributed by atoms with Gasteiger partial charge in [-0.15, -0.1) is 10.2 Å². The summed E-state index contributed by atoms with van der Waals surface area (Å²) in [7, 11) is 0. The van der Waals surface area contributed by atoms with E-state index in [0.29, 0.717) is 16.5 Å². The Labute approximate surface area is 165 Å². The van der Waals surface area contributed by atoms with Gasteiger partial charge in [0.25, 0.3) is 0 Å². The zero-order valence-electron chi connectivity index (χ0n) is 15.6. The topological polar surface area (TPSA) is 96.2 Å². The van der Waals surface area contributed by atoms with Crippen LogP contribution in [-0.2, 0) is 4.79 Å². The number of amides is 1. The van der Waals surface area contributed by atoms with Crippen LogP contribution in [-0.4, -0.2) is 25.8 Å². The molecule has 0 saturated carbocycles. The van der Waals surface area contributed by atoms with E-state index in [4.69, 9.17) is 4.42 Å². The number of nitriles is 1. The van der Waals surface area contributed by atoms with Crippen LogP contribution in [0.25, 0.3) is 16.6 Å². The summed E-state index contributed by atoms with van der Waals surface area (Å²) in [5.41, 5.74) is 2.78. The molecule has 1 amide bonds. The summed E-state index contributed by atoms with van der Waals surface area (Å²) in [5.74, 6) is 0.529. The Hall–Kier alpha value is -3.31. The fraction of sp³-hybridized carbons (Fsp3) is 0.200. The third kappa shape index (κ3) is 3.00. The minimum atomic E-state index is -0.469. The third-order valence-electron chi connectivity index (χ3n) is 4.63. The first-order valence-electron chi connectivity index (χ1n) is 8.70. The van der Waals surface area contributed by atoms with Gasteiger partial charge >= 0.3 is 0 Å². The lowest BCUT2D eigenvalue weighted by molar-refractivity contribution is -0.115. The summed E-state index contributed by atoms with van der Waals surface area (Å²) in [6.07, 6.45) is 0. The van der Waals surface area contributed by atoms with Crippen molar-refractivity contribution in [3.05, 3.63) is 53.3 Å². The van der Waals surface area contributed by atoms with Gasteiger partial charge in [-0.25, -0.2) is 0 Å². The lowest BCUT2D eigenvalue weighted by atomic mass is 10.2. The van der Waals surface area contributed by atoms with Gasteiger partial charge in [0.15, 0.2) is 10.8 Å². The second kappa shape index (κ2) is 7.02. The van der Waals surface area contributed by atoms with E-state index in [-0.39, 0.29) is 11.8 Å². The Kier molecular flexibility index (Phi) is 4.53. The predicted octanol–water partition coefficient (Wildman–Crippen LogP) is 4.08. The quantitative estimate of drug-likeness (QED) is 0.527. The lowest BCUT2D eigenvalue weighted by Gasteiger charge is -2.10. The van der Waals surface area contributed by atoms with E-state index in [0.717, 1.165) is 22.1 Å². The number of pyridine rings is 1. The van der Waals surface area contributed by atoms with Gasteiger partial charge in [0.1, 0.15) is 17.4 Å². The average Bonchev–Trinajstić information content (AvgIpc) is 3.22. The van der Waals surface area contributed by atoms with Gasteiger partial charge in [-0.1, -0.05) is 30.0 Å². The molecule has 1 aromatic carbocycles. The van der Waals surface area contributed by atoms with Crippen molar-refractivity contribution < 1.29 is 9.21 Å². The third-order valence-corrected chi connectivity index (χ3v) is 5.68. The Bertz CT molecular complexity index is 1250. The average molecular weight is 391 g/mol. The summed E-state index contributed by atoms with van der Waals surface area (Å²) < 4.78 is 7.46. The number of benzene rings is 1. The van der Waals surface area contributed by atoms with Gasteiger partial charge in [-0.3, -0.25) is 14.5 Å². The van der Waals surface area contributed by atoms with Crippen molar-refractivity contribution >= 4 is 40.1 Å². The van der Waals surface area contributed by atoms with E-state index in [1.54, 1.807) is 20.8 Å². The molecule has 0 fully saturated rings. The van der Waals surface area contributed by atoms with E-state index >= 15 is 0 Å². The van der Waals surface area contributed by atoms with Crippen molar-refractivity contribution in [3.63, 3.8) is 0 Å². The highest BCUT2D eigenvalue weighted by atomic mass is 32.2. The lowest BCUT2D eigenvalue weighted by Crippen LogP contribution is -2.22. The second-order valence-electron chi connectivity index (χ2n) is 6.42. The largest absolute Gasteiger partial charge is 0.444 e. The van der Waals surface area contributed by atoms with Gasteiger partial charge in [-0.2, -0.15) is 5.26 Å². The molecule has 0 aliphatic heterocycles. The molecule has 140 valence electrons. The zero-order valence-corrected chi connectivity index (χ0v) is 16.4. The van der Waals surface area contributed by atoms with Gasteiger partial charge in [-0.05, 0) is 44.4 Å². The van der Waals surface area contributed by atoms with Crippen LogP contribution < -0.4 is 5.32 Å². The number of rotatable bonds is 4. The second-order valence-corrected chi connectivity index (χ2v) is 7.72. The number of nitrogens with one attached hydrogen (secondary N) is 1. The van der Waals surface area contributed by atoms with Crippen molar-refractivity contribution in [2.24, 2.45) is 0 Å². The summed E-state index contributed by atoms with van der Waals surface area (Å²) in [6.45, 7) is 5.33. The van der Waals surface area contributed by atoms with Crippen LogP contribution in [0.2, 0.25) is 0 Å². The van der Waals surface area contributed by atoms with Crippen LogP contribution in [0, 0.1) is 25.2 Å². The van der Waals surface area contributed by atoms with Crippen LogP contribution in [0.1, 0.15) is 23.8 Å². The van der Waals surface area contributed by atoms with E-state index in [9.17, 15) is 10.1 Å². The molecule has 1 N–H and O–H groups in total. The molecule has 3 aromatic heterocycles. The minimum absolute atomic E-state index is 0.187. The molecule has 0 aliphatic rings. The number of thioether (sulfide) groups is 1. The number of nitrogens with zero attached hydrogens (tertiary/aromatic N) is 4. The van der Waals surface area contributed by atoms with Gasteiger partial charge < -0.3 is 4.42 Å². The van der Waals surface area contributed by atoms with E-state index in [1.165, 1.54) is 11.8 Å². The maximum atomic E-state index is 12.7. The maximum Gasteiger partial charge on any atom is 0.240 e. The Morgan fingerprint density at radius 1 is 1.25 bits per heavy atom. The monoisotopic (exact) mass is 391 g/mol. The first kappa shape index (κ1) is 18.1. The summed E-state index contributed by atoms with van der Waals surface area (Å²) >= 11 is 1.30. The molecule has 1 unspecified atom stereocenters. The number of carbonyl (C=O) groups excluding carboxylic acids is 1. The van der Waals surface area contributed by atoms with Crippen LogP contribution >= 0.6 is 11.8 Å². The number of aryl methyl sites for hydroxylation is 1. The fourth-order valence-corrected chi connectivity index (χ4v) is 3.83. The number of furan rings is 1. The van der Waals surface area contributed by atoms with Crippen molar-refractivity contribution in [2.45, 2.75) is 31.2 Å². The highest BCUT2D eigenvalue weighted by Crippen LogP contribution is 2.29. The molecule has 0 spiro atoms. The van der Waals surface area contributed by atoms with Crippen LogP contribution in [0.4, 0.5) is 5.88 Å². The van der Waals surface area contributed by atoms with Crippen LogP contribution in [0.15, 0.2) is 46.0 Å². The molecule has 8 heteroatoms. The summed E-state index contributed by atoms with van der Waals surface area (Å²) in [4.78, 5) is 12.7. The number of anilines is 1. The Morgan fingerprint density at radius 2 is 2.04 bits per heavy atom. The number of fused-ring (bicyclic) bond motifs is 3. The SMILES string of the molecule is Cc1oc(NC(=O)C(C)Sc2nnc3ccc4ccccc4n23)c(C#N)c1C. The molecule has 4 rings (SSSR count). The zero-order chi connectivity index (χ0) is 19.8. The van der Waals surface area contributed by atoms with Crippen molar-refractivity contribution in [2.75, 3.05) is 5.32 Å². The molecule has 1 atom stereocenters. The Balaban J connectivity index is 1.61. The maximum absolute atomic E-state index is 12.7. The summed E-state index contributed by atoms with van der Waals surface area (Å²) in [5, 5.41) is 21.7. The van der Waals surface area contributed by atoms with Crippen molar-refractivity contribution in [1.82, 2.24) is 14.6 Å². The van der Waals surface area contributed by atoms with Gasteiger partial charge in [0.2, 0.25) is 11.8 Å². The number of hydrogen-bond donors (Lipinski definition) is 1. The van der Waals surface area contributed by atoms with E-state index < -0.39 is 5.25 Å². The van der Waals surface area contributed by atoms with Gasteiger partial charge in [0.05, 0.1) is 10.8 Å². The molecule has 7 nitrogen and oxygen atoms in total. The predicted molar refractivity (Wildman–Crippen MR) is 107 cm³/mol. The molecular weight excluding hydrogens is 374 g/mol. The highest BCUT2D eigenvalue weighted by Gasteiger charge is 2.22. The highest BCUT2D eigenvalue weighted by molar-refractivity contribution is 8.00. The van der Waals surface area contributed by atoms with E-state index in [1.807, 2.05) is 40.8 Å². The molecule has 0 aliphatic carbocycles.